The zero-order valence-electron chi connectivity index (χ0n) is 12.6. The van der Waals surface area contributed by atoms with Gasteiger partial charge in [0.1, 0.15) is 5.75 Å². The maximum absolute atomic E-state index is 9.47. The summed E-state index contributed by atoms with van der Waals surface area (Å²) in [6, 6.07) is 6.13. The van der Waals surface area contributed by atoms with Gasteiger partial charge in [-0.1, -0.05) is 19.1 Å². The van der Waals surface area contributed by atoms with E-state index in [1.807, 2.05) is 19.2 Å². The van der Waals surface area contributed by atoms with Crippen molar-refractivity contribution < 1.29 is 9.84 Å². The molecule has 0 aliphatic carbocycles. The fourth-order valence-electron chi connectivity index (χ4n) is 2.22. The molecule has 3 nitrogen and oxygen atoms in total. The Bertz CT molecular complexity index is 378. The Kier molecular flexibility index (Phi) is 6.32. The fraction of sp³-hybridized carbons (Fsp3) is 0.625. The average Bonchev–Trinajstić information content (AvgIpc) is 2.44. The van der Waals surface area contributed by atoms with Crippen LogP contribution in [0.2, 0.25) is 0 Å². The van der Waals surface area contributed by atoms with E-state index in [2.05, 4.69) is 32.2 Å². The van der Waals surface area contributed by atoms with Crippen LogP contribution in [0.5, 0.6) is 5.75 Å². The van der Waals surface area contributed by atoms with E-state index >= 15 is 0 Å². The second-order valence-electron chi connectivity index (χ2n) is 5.19. The summed E-state index contributed by atoms with van der Waals surface area (Å²) in [5, 5.41) is 12.7. The molecule has 3 heteroatoms. The zero-order valence-corrected chi connectivity index (χ0v) is 12.6. The molecule has 1 aromatic carbocycles. The van der Waals surface area contributed by atoms with Crippen molar-refractivity contribution in [2.45, 2.75) is 45.6 Å². The van der Waals surface area contributed by atoms with Crippen LogP contribution in [0.25, 0.3) is 0 Å². The number of aryl methyl sites for hydroxylation is 1. The molecule has 1 atom stereocenters. The lowest BCUT2D eigenvalue weighted by molar-refractivity contribution is 0.145. The number of aliphatic hydroxyl groups is 1. The molecule has 0 saturated carbocycles. The number of hydrogen-bond acceptors (Lipinski definition) is 3. The summed E-state index contributed by atoms with van der Waals surface area (Å²) in [6.07, 6.45) is 2.77. The van der Waals surface area contributed by atoms with Gasteiger partial charge in [0, 0.05) is 5.54 Å². The van der Waals surface area contributed by atoms with Gasteiger partial charge in [0.15, 0.2) is 0 Å². The molecule has 0 heterocycles. The molecular weight excluding hydrogens is 238 g/mol. The summed E-state index contributed by atoms with van der Waals surface area (Å²) < 4.78 is 5.84. The molecule has 1 aromatic rings. The highest BCUT2D eigenvalue weighted by Crippen LogP contribution is 2.22. The van der Waals surface area contributed by atoms with E-state index in [4.69, 9.17) is 4.74 Å². The topological polar surface area (TPSA) is 41.5 Å². The smallest absolute Gasteiger partial charge is 0.122 e. The van der Waals surface area contributed by atoms with Gasteiger partial charge in [0.25, 0.3) is 0 Å². The van der Waals surface area contributed by atoms with Gasteiger partial charge in [0.2, 0.25) is 0 Å². The standard InChI is InChI=1S/C16H27NO2/c1-5-16(12-18,17-4)10-7-11-19-15-9-6-8-13(2)14(15)3/h6,8-9,17-18H,5,7,10-12H2,1-4H3. The van der Waals surface area contributed by atoms with Crippen molar-refractivity contribution >= 4 is 0 Å². The number of nitrogens with one attached hydrogen (secondary N) is 1. The molecular formula is C16H27NO2. The molecule has 0 aliphatic rings. The predicted octanol–water partition coefficient (Wildman–Crippen LogP) is 2.82. The normalized spacial score (nSPS) is 14.2. The Morgan fingerprint density at radius 2 is 2.05 bits per heavy atom. The van der Waals surface area contributed by atoms with Crippen molar-refractivity contribution in [2.75, 3.05) is 20.3 Å². The molecule has 0 spiro atoms. The number of rotatable bonds is 8. The van der Waals surface area contributed by atoms with E-state index in [1.54, 1.807) is 0 Å². The van der Waals surface area contributed by atoms with Gasteiger partial charge in [-0.3, -0.25) is 0 Å². The predicted molar refractivity (Wildman–Crippen MR) is 79.8 cm³/mol. The lowest BCUT2D eigenvalue weighted by atomic mass is 9.92. The number of ether oxygens (including phenoxy) is 1. The Morgan fingerprint density at radius 3 is 2.63 bits per heavy atom. The maximum atomic E-state index is 9.47. The van der Waals surface area contributed by atoms with E-state index in [0.29, 0.717) is 6.61 Å². The van der Waals surface area contributed by atoms with E-state index in [9.17, 15) is 5.11 Å². The number of hydrogen-bond donors (Lipinski definition) is 2. The molecule has 108 valence electrons. The number of benzene rings is 1. The van der Waals surface area contributed by atoms with Gasteiger partial charge in [0.05, 0.1) is 13.2 Å². The zero-order chi connectivity index (χ0) is 14.3. The SMILES string of the molecule is CCC(CO)(CCCOc1cccc(C)c1C)NC. The first-order valence-corrected chi connectivity index (χ1v) is 7.07. The van der Waals surface area contributed by atoms with E-state index in [-0.39, 0.29) is 12.1 Å². The van der Waals surface area contributed by atoms with Crippen molar-refractivity contribution in [1.82, 2.24) is 5.32 Å². The Morgan fingerprint density at radius 1 is 1.32 bits per heavy atom. The lowest BCUT2D eigenvalue weighted by Crippen LogP contribution is -2.46. The summed E-state index contributed by atoms with van der Waals surface area (Å²) >= 11 is 0. The summed E-state index contributed by atoms with van der Waals surface area (Å²) in [5.41, 5.74) is 2.30. The highest BCUT2D eigenvalue weighted by Gasteiger charge is 2.24. The molecule has 0 aromatic heterocycles. The van der Waals surface area contributed by atoms with E-state index in [0.717, 1.165) is 25.0 Å². The first kappa shape index (κ1) is 16.0. The minimum Gasteiger partial charge on any atom is -0.493 e. The van der Waals surface area contributed by atoms with Gasteiger partial charge >= 0.3 is 0 Å². The largest absolute Gasteiger partial charge is 0.493 e. The Hall–Kier alpha value is -1.06. The van der Waals surface area contributed by atoms with E-state index in [1.165, 1.54) is 11.1 Å². The Labute approximate surface area is 117 Å². The number of likely N-dealkylation sites (N-methyl/N-ethyl adjacent to an activating group) is 1. The number of aliphatic hydroxyl groups excluding tert-OH is 1. The fourth-order valence-corrected chi connectivity index (χ4v) is 2.22. The molecule has 0 aliphatic heterocycles. The van der Waals surface area contributed by atoms with Crippen molar-refractivity contribution in [1.29, 1.82) is 0 Å². The van der Waals surface area contributed by atoms with Crippen molar-refractivity contribution in [3.8, 4) is 5.75 Å². The van der Waals surface area contributed by atoms with Crippen LogP contribution in [-0.2, 0) is 0 Å². The third kappa shape index (κ3) is 4.22. The molecule has 0 fully saturated rings. The van der Waals surface area contributed by atoms with Crippen LogP contribution in [-0.4, -0.2) is 30.9 Å². The van der Waals surface area contributed by atoms with Crippen molar-refractivity contribution in [2.24, 2.45) is 0 Å². The van der Waals surface area contributed by atoms with Gasteiger partial charge < -0.3 is 15.2 Å². The summed E-state index contributed by atoms with van der Waals surface area (Å²) in [6.45, 7) is 7.13. The maximum Gasteiger partial charge on any atom is 0.122 e. The van der Waals surface area contributed by atoms with Gasteiger partial charge in [-0.05, 0) is 57.4 Å². The summed E-state index contributed by atoms with van der Waals surface area (Å²) in [4.78, 5) is 0. The first-order valence-electron chi connectivity index (χ1n) is 7.07. The van der Waals surface area contributed by atoms with Crippen LogP contribution in [0.1, 0.15) is 37.3 Å². The average molecular weight is 265 g/mol. The van der Waals surface area contributed by atoms with E-state index < -0.39 is 0 Å². The van der Waals surface area contributed by atoms with Crippen LogP contribution >= 0.6 is 0 Å². The molecule has 0 saturated heterocycles. The third-order valence-electron chi connectivity index (χ3n) is 4.12. The quantitative estimate of drug-likeness (QED) is 0.710. The third-order valence-corrected chi connectivity index (χ3v) is 4.12. The van der Waals surface area contributed by atoms with Crippen LogP contribution in [0.3, 0.4) is 0 Å². The van der Waals surface area contributed by atoms with Gasteiger partial charge in [-0.25, -0.2) is 0 Å². The van der Waals surface area contributed by atoms with Gasteiger partial charge in [-0.15, -0.1) is 0 Å². The molecule has 0 amide bonds. The lowest BCUT2D eigenvalue weighted by Gasteiger charge is -2.30. The van der Waals surface area contributed by atoms with Crippen LogP contribution in [0.15, 0.2) is 18.2 Å². The first-order chi connectivity index (χ1) is 9.08. The molecule has 0 radical (unpaired) electrons. The monoisotopic (exact) mass is 265 g/mol. The minimum atomic E-state index is -0.162. The molecule has 2 N–H and O–H groups in total. The van der Waals surface area contributed by atoms with Crippen LogP contribution in [0.4, 0.5) is 0 Å². The van der Waals surface area contributed by atoms with Crippen LogP contribution < -0.4 is 10.1 Å². The van der Waals surface area contributed by atoms with Crippen LogP contribution in [0, 0.1) is 13.8 Å². The molecule has 1 unspecified atom stereocenters. The second kappa shape index (κ2) is 7.51. The highest BCUT2D eigenvalue weighted by molar-refractivity contribution is 5.38. The summed E-state index contributed by atoms with van der Waals surface area (Å²) in [5.74, 6) is 0.968. The second-order valence-corrected chi connectivity index (χ2v) is 5.19. The Balaban J connectivity index is 2.44. The highest BCUT2D eigenvalue weighted by atomic mass is 16.5. The van der Waals surface area contributed by atoms with Crippen molar-refractivity contribution in [3.63, 3.8) is 0 Å². The molecule has 19 heavy (non-hydrogen) atoms. The molecule has 1 rings (SSSR count). The van der Waals surface area contributed by atoms with Gasteiger partial charge in [-0.2, -0.15) is 0 Å². The summed E-state index contributed by atoms with van der Waals surface area (Å²) in [7, 11) is 1.91. The van der Waals surface area contributed by atoms with Crippen molar-refractivity contribution in [3.05, 3.63) is 29.3 Å². The molecule has 0 bridgehead atoms. The minimum absolute atomic E-state index is 0.162.